The van der Waals surface area contributed by atoms with Gasteiger partial charge in [-0.2, -0.15) is 5.10 Å². The number of nitrogens with zero attached hydrogens (tertiary/aromatic N) is 5. The van der Waals surface area contributed by atoms with Gasteiger partial charge in [0.2, 0.25) is 0 Å². The summed E-state index contributed by atoms with van der Waals surface area (Å²) < 4.78 is 12.6. The molecule has 0 spiro atoms. The van der Waals surface area contributed by atoms with E-state index in [-0.39, 0.29) is 0 Å². The molecule has 1 atom stereocenters. The first kappa shape index (κ1) is 21.3. The van der Waals surface area contributed by atoms with Gasteiger partial charge >= 0.3 is 0 Å². The Bertz CT molecular complexity index is 802. The highest BCUT2D eigenvalue weighted by atomic mass is 16.5. The molecule has 158 valence electrons. The smallest absolute Gasteiger partial charge is 0.193 e. The lowest BCUT2D eigenvalue weighted by molar-refractivity contribution is 0.0536. The molecule has 2 aromatic heterocycles. The molecule has 1 fully saturated rings. The van der Waals surface area contributed by atoms with Gasteiger partial charge in [-0.1, -0.05) is 6.07 Å². The molecule has 8 heteroatoms. The molecule has 0 saturated carbocycles. The first-order chi connectivity index (χ1) is 14.1. The van der Waals surface area contributed by atoms with Crippen LogP contribution in [-0.4, -0.2) is 72.7 Å². The summed E-state index contributed by atoms with van der Waals surface area (Å²) in [7, 11) is 3.52. The minimum atomic E-state index is 0.534. The molecule has 1 unspecified atom stereocenters. The molecule has 1 aliphatic rings. The van der Waals surface area contributed by atoms with Gasteiger partial charge in [0.15, 0.2) is 11.8 Å². The van der Waals surface area contributed by atoms with Crippen molar-refractivity contribution in [3.63, 3.8) is 0 Å². The summed E-state index contributed by atoms with van der Waals surface area (Å²) in [6, 6.07) is 6.13. The van der Waals surface area contributed by atoms with Crippen LogP contribution in [0.3, 0.4) is 0 Å². The van der Waals surface area contributed by atoms with Crippen molar-refractivity contribution < 1.29 is 9.47 Å². The van der Waals surface area contributed by atoms with Crippen molar-refractivity contribution in [3.05, 3.63) is 41.3 Å². The van der Waals surface area contributed by atoms with Gasteiger partial charge in [0.1, 0.15) is 0 Å². The highest BCUT2D eigenvalue weighted by molar-refractivity contribution is 5.80. The molecule has 3 heterocycles. The summed E-state index contributed by atoms with van der Waals surface area (Å²) in [5.41, 5.74) is 3.18. The van der Waals surface area contributed by atoms with E-state index in [0.29, 0.717) is 25.7 Å². The third-order valence-corrected chi connectivity index (χ3v) is 5.07. The van der Waals surface area contributed by atoms with Crippen molar-refractivity contribution in [2.75, 3.05) is 47.1 Å². The van der Waals surface area contributed by atoms with Gasteiger partial charge < -0.3 is 19.7 Å². The number of aryl methyl sites for hydroxylation is 2. The summed E-state index contributed by atoms with van der Waals surface area (Å²) in [5, 5.41) is 7.94. The Labute approximate surface area is 172 Å². The molecule has 1 aliphatic heterocycles. The van der Waals surface area contributed by atoms with Gasteiger partial charge in [0.05, 0.1) is 25.5 Å². The van der Waals surface area contributed by atoms with Crippen molar-refractivity contribution in [3.8, 4) is 5.82 Å². The fourth-order valence-corrected chi connectivity index (χ4v) is 3.57. The second-order valence-electron chi connectivity index (χ2n) is 7.43. The molecule has 8 nitrogen and oxygen atoms in total. The molecule has 0 bridgehead atoms. The van der Waals surface area contributed by atoms with Crippen LogP contribution in [0.25, 0.3) is 5.82 Å². The molecule has 2 aromatic rings. The van der Waals surface area contributed by atoms with Crippen LogP contribution in [0, 0.1) is 19.8 Å². The molecule has 0 amide bonds. The molecule has 0 radical (unpaired) electrons. The number of pyridine rings is 1. The van der Waals surface area contributed by atoms with E-state index in [1.807, 2.05) is 43.9 Å². The molecule has 29 heavy (non-hydrogen) atoms. The van der Waals surface area contributed by atoms with E-state index in [9.17, 15) is 0 Å². The number of aromatic nitrogens is 3. The Balaban J connectivity index is 1.49. The van der Waals surface area contributed by atoms with Crippen LogP contribution in [-0.2, 0) is 16.0 Å². The molecule has 0 aliphatic carbocycles. The summed E-state index contributed by atoms with van der Waals surface area (Å²) in [6.07, 6.45) is 3.01. The second-order valence-corrected chi connectivity index (χ2v) is 7.43. The SMILES string of the molecule is CN=C(NCc1ccc(-n2nc(C)cc2C)nc1)N1CCC(COCCOC)C1. The van der Waals surface area contributed by atoms with E-state index < -0.39 is 0 Å². The van der Waals surface area contributed by atoms with E-state index in [1.165, 1.54) is 0 Å². The molecular weight excluding hydrogens is 368 g/mol. The third kappa shape index (κ3) is 5.77. The number of methoxy groups -OCH3 is 1. The zero-order chi connectivity index (χ0) is 20.6. The fraction of sp³-hybridized carbons (Fsp3) is 0.571. The van der Waals surface area contributed by atoms with Crippen LogP contribution < -0.4 is 5.32 Å². The average Bonchev–Trinajstić information content (AvgIpc) is 3.32. The minimum absolute atomic E-state index is 0.534. The predicted octanol–water partition coefficient (Wildman–Crippen LogP) is 1.94. The Morgan fingerprint density at radius 1 is 1.31 bits per heavy atom. The van der Waals surface area contributed by atoms with Crippen molar-refractivity contribution in [1.82, 2.24) is 25.0 Å². The zero-order valence-electron chi connectivity index (χ0n) is 17.9. The second kappa shape index (κ2) is 10.4. The van der Waals surface area contributed by atoms with Crippen molar-refractivity contribution in [1.29, 1.82) is 0 Å². The van der Waals surface area contributed by atoms with Gasteiger partial charge in [-0.05, 0) is 38.0 Å². The van der Waals surface area contributed by atoms with Crippen LogP contribution in [0.15, 0.2) is 29.4 Å². The van der Waals surface area contributed by atoms with E-state index in [1.54, 1.807) is 7.11 Å². The first-order valence-corrected chi connectivity index (χ1v) is 10.1. The normalized spacial score (nSPS) is 17.2. The quantitative estimate of drug-likeness (QED) is 0.415. The maximum Gasteiger partial charge on any atom is 0.193 e. The highest BCUT2D eigenvalue weighted by Gasteiger charge is 2.24. The number of hydrogen-bond acceptors (Lipinski definition) is 5. The molecular formula is C21H32N6O2. The van der Waals surface area contributed by atoms with E-state index >= 15 is 0 Å². The lowest BCUT2D eigenvalue weighted by Gasteiger charge is -2.21. The maximum atomic E-state index is 5.68. The minimum Gasteiger partial charge on any atom is -0.382 e. The summed E-state index contributed by atoms with van der Waals surface area (Å²) in [4.78, 5) is 11.3. The Morgan fingerprint density at radius 2 is 2.17 bits per heavy atom. The van der Waals surface area contributed by atoms with Crippen LogP contribution in [0.4, 0.5) is 0 Å². The lowest BCUT2D eigenvalue weighted by atomic mass is 10.1. The average molecular weight is 401 g/mol. The molecule has 0 aromatic carbocycles. The number of hydrogen-bond donors (Lipinski definition) is 1. The standard InChI is InChI=1S/C21H32N6O2/c1-16-11-17(2)27(25-16)20-6-5-18(12-23-20)13-24-21(22-3)26-8-7-19(14-26)15-29-10-9-28-4/h5-6,11-12,19H,7-10,13-15H2,1-4H3,(H,22,24). The van der Waals surface area contributed by atoms with Gasteiger partial charge in [-0.25, -0.2) is 9.67 Å². The Hall–Kier alpha value is -2.45. The number of guanidine groups is 1. The summed E-state index contributed by atoms with van der Waals surface area (Å²) in [6.45, 7) is 8.73. The zero-order valence-corrected chi connectivity index (χ0v) is 17.9. The summed E-state index contributed by atoms with van der Waals surface area (Å²) >= 11 is 0. The highest BCUT2D eigenvalue weighted by Crippen LogP contribution is 2.17. The molecule has 3 rings (SSSR count). The fourth-order valence-electron chi connectivity index (χ4n) is 3.57. The number of aliphatic imine (C=N–C) groups is 1. The molecule has 1 saturated heterocycles. The number of likely N-dealkylation sites (tertiary alicyclic amines) is 1. The van der Waals surface area contributed by atoms with Crippen LogP contribution in [0.2, 0.25) is 0 Å². The number of rotatable bonds is 8. The largest absolute Gasteiger partial charge is 0.382 e. The summed E-state index contributed by atoms with van der Waals surface area (Å²) in [5.74, 6) is 2.29. The monoisotopic (exact) mass is 400 g/mol. The predicted molar refractivity (Wildman–Crippen MR) is 113 cm³/mol. The van der Waals surface area contributed by atoms with Crippen molar-refractivity contribution >= 4 is 5.96 Å². The van der Waals surface area contributed by atoms with Crippen LogP contribution in [0.1, 0.15) is 23.4 Å². The number of ether oxygens (including phenoxy) is 2. The van der Waals surface area contributed by atoms with Gasteiger partial charge in [0, 0.05) is 51.6 Å². The van der Waals surface area contributed by atoms with Crippen LogP contribution >= 0.6 is 0 Å². The van der Waals surface area contributed by atoms with Gasteiger partial charge in [-0.3, -0.25) is 4.99 Å². The van der Waals surface area contributed by atoms with Gasteiger partial charge in [-0.15, -0.1) is 0 Å². The van der Waals surface area contributed by atoms with Crippen molar-refractivity contribution in [2.24, 2.45) is 10.9 Å². The Kier molecular flexibility index (Phi) is 7.60. The van der Waals surface area contributed by atoms with E-state index in [4.69, 9.17) is 9.47 Å². The topological polar surface area (TPSA) is 76.8 Å². The van der Waals surface area contributed by atoms with E-state index in [0.717, 1.165) is 54.8 Å². The van der Waals surface area contributed by atoms with Crippen LogP contribution in [0.5, 0.6) is 0 Å². The maximum absolute atomic E-state index is 5.68. The number of nitrogens with one attached hydrogen (secondary N) is 1. The van der Waals surface area contributed by atoms with Gasteiger partial charge in [0.25, 0.3) is 0 Å². The van der Waals surface area contributed by atoms with Crippen molar-refractivity contribution in [2.45, 2.75) is 26.8 Å². The molecule has 1 N–H and O–H groups in total. The third-order valence-electron chi connectivity index (χ3n) is 5.07. The lowest BCUT2D eigenvalue weighted by Crippen LogP contribution is -2.39. The first-order valence-electron chi connectivity index (χ1n) is 10.1. The van der Waals surface area contributed by atoms with E-state index in [2.05, 4.69) is 31.4 Å². The Morgan fingerprint density at radius 3 is 2.83 bits per heavy atom.